The minimum atomic E-state index is -0.644. The van der Waals surface area contributed by atoms with Crippen LogP contribution in [-0.2, 0) is 6.42 Å². The number of aryl methyl sites for hydroxylation is 1. The van der Waals surface area contributed by atoms with Crippen LogP contribution in [0.3, 0.4) is 0 Å². The molecule has 194 valence electrons. The molecular formula is C25H28F2N8O2. The number of nitrogens with zero attached hydrogens (tertiary/aromatic N) is 7. The van der Waals surface area contributed by atoms with Crippen LogP contribution in [0.1, 0.15) is 48.4 Å². The third-order valence-electron chi connectivity index (χ3n) is 6.50. The van der Waals surface area contributed by atoms with E-state index in [1.54, 1.807) is 14.1 Å². The van der Waals surface area contributed by atoms with Crippen LogP contribution in [0.2, 0.25) is 0 Å². The Hall–Kier alpha value is -4.09. The molecule has 1 saturated heterocycles. The van der Waals surface area contributed by atoms with E-state index in [-0.39, 0.29) is 34.4 Å². The first-order chi connectivity index (χ1) is 17.9. The van der Waals surface area contributed by atoms with Crippen molar-refractivity contribution in [1.29, 1.82) is 0 Å². The van der Waals surface area contributed by atoms with Gasteiger partial charge in [0.15, 0.2) is 11.6 Å². The predicted octanol–water partition coefficient (Wildman–Crippen LogP) is 4.33. The Morgan fingerprint density at radius 2 is 1.97 bits per heavy atom. The molecule has 1 fully saturated rings. The lowest BCUT2D eigenvalue weighted by molar-refractivity contribution is 0.0827. The zero-order valence-corrected chi connectivity index (χ0v) is 20.9. The highest BCUT2D eigenvalue weighted by Gasteiger charge is 2.27. The van der Waals surface area contributed by atoms with Crippen LogP contribution in [0.5, 0.6) is 0 Å². The van der Waals surface area contributed by atoms with Gasteiger partial charge in [-0.1, -0.05) is 12.1 Å². The quantitative estimate of drug-likeness (QED) is 0.392. The first kappa shape index (κ1) is 24.6. The molecule has 1 N–H and O–H groups in total. The maximum Gasteiger partial charge on any atom is 0.324 e. The van der Waals surface area contributed by atoms with E-state index in [1.807, 2.05) is 9.47 Å². The summed E-state index contributed by atoms with van der Waals surface area (Å²) in [6.07, 6.45) is 5.93. The van der Waals surface area contributed by atoms with Gasteiger partial charge in [-0.25, -0.2) is 18.7 Å². The van der Waals surface area contributed by atoms with E-state index in [0.29, 0.717) is 30.6 Å². The second-order valence-corrected chi connectivity index (χ2v) is 9.29. The van der Waals surface area contributed by atoms with Crippen molar-refractivity contribution in [2.75, 3.05) is 37.4 Å². The highest BCUT2D eigenvalue weighted by Crippen LogP contribution is 2.33. The molecule has 0 saturated carbocycles. The van der Waals surface area contributed by atoms with Crippen molar-refractivity contribution in [3.8, 4) is 0 Å². The number of benzene rings is 1. The molecule has 0 radical (unpaired) electrons. The number of anilines is 3. The molecule has 0 spiro atoms. The lowest BCUT2D eigenvalue weighted by Gasteiger charge is -2.31. The van der Waals surface area contributed by atoms with Crippen LogP contribution >= 0.6 is 0 Å². The number of aromatic nitrogens is 5. The number of carbonyl (C=O) groups is 1. The Morgan fingerprint density at radius 1 is 1.19 bits per heavy atom. The van der Waals surface area contributed by atoms with Gasteiger partial charge in [-0.2, -0.15) is 4.98 Å². The first-order valence-corrected chi connectivity index (χ1v) is 12.2. The van der Waals surface area contributed by atoms with E-state index in [1.165, 1.54) is 29.6 Å². The van der Waals surface area contributed by atoms with Gasteiger partial charge < -0.3 is 24.2 Å². The van der Waals surface area contributed by atoms with Gasteiger partial charge in [-0.3, -0.25) is 4.79 Å². The molecule has 1 amide bonds. The largest absolute Gasteiger partial charge is 0.345 e. The number of halogens is 2. The minimum Gasteiger partial charge on any atom is -0.345 e. The van der Waals surface area contributed by atoms with Gasteiger partial charge in [0.25, 0.3) is 5.91 Å². The molecule has 1 aliphatic rings. The smallest absolute Gasteiger partial charge is 0.324 e. The lowest BCUT2D eigenvalue weighted by atomic mass is 10.1. The van der Waals surface area contributed by atoms with Gasteiger partial charge in [0.2, 0.25) is 0 Å². The van der Waals surface area contributed by atoms with E-state index in [9.17, 15) is 9.18 Å². The van der Waals surface area contributed by atoms with Crippen LogP contribution in [0.25, 0.3) is 11.0 Å². The fraction of sp³-hybridized carbons (Fsp3) is 0.400. The fourth-order valence-electron chi connectivity index (χ4n) is 4.58. The summed E-state index contributed by atoms with van der Waals surface area (Å²) in [5, 5.41) is 7.07. The van der Waals surface area contributed by atoms with E-state index >= 15 is 4.39 Å². The first-order valence-electron chi connectivity index (χ1n) is 12.2. The summed E-state index contributed by atoms with van der Waals surface area (Å²) in [6, 6.07) is 4.62. The van der Waals surface area contributed by atoms with Gasteiger partial charge in [-0.15, -0.1) is 0 Å². The number of amides is 1. The van der Waals surface area contributed by atoms with Crippen molar-refractivity contribution in [3.63, 3.8) is 0 Å². The number of hydrogen-bond donors (Lipinski definition) is 1. The standard InChI is InChI=1S/C25H28F2N8O2/c1-4-5-20-31-25(37-32-20)34-10-8-16(9-11-34)35-13-18(27)21-22(28-14-29-23(21)35)30-19-7-6-15(12-17(19)26)24(36)33(2)3/h6-7,12-14,16H,4-5,8-11H2,1-3H3,(H,28,29,30). The maximum absolute atomic E-state index is 15.2. The summed E-state index contributed by atoms with van der Waals surface area (Å²) < 4.78 is 37.2. The Bertz CT molecular complexity index is 1430. The van der Waals surface area contributed by atoms with Crippen LogP contribution in [0.4, 0.5) is 26.3 Å². The summed E-state index contributed by atoms with van der Waals surface area (Å²) in [7, 11) is 3.19. The molecule has 37 heavy (non-hydrogen) atoms. The maximum atomic E-state index is 15.2. The molecule has 0 unspecified atom stereocenters. The van der Waals surface area contributed by atoms with Crippen molar-refractivity contribution < 1.29 is 18.1 Å². The van der Waals surface area contributed by atoms with Gasteiger partial charge in [0, 0.05) is 51.4 Å². The van der Waals surface area contributed by atoms with E-state index in [0.717, 1.165) is 31.7 Å². The molecule has 10 nitrogen and oxygen atoms in total. The van der Waals surface area contributed by atoms with Gasteiger partial charge in [0.1, 0.15) is 23.6 Å². The topological polar surface area (TPSA) is 105 Å². The van der Waals surface area contributed by atoms with Crippen molar-refractivity contribution >= 4 is 34.5 Å². The molecular weight excluding hydrogens is 482 g/mol. The number of rotatable bonds is 7. The molecule has 4 heterocycles. The van der Waals surface area contributed by atoms with Crippen LogP contribution < -0.4 is 10.2 Å². The average molecular weight is 511 g/mol. The van der Waals surface area contributed by atoms with Crippen molar-refractivity contribution in [1.82, 2.24) is 29.6 Å². The van der Waals surface area contributed by atoms with Crippen molar-refractivity contribution in [2.45, 2.75) is 38.6 Å². The van der Waals surface area contributed by atoms with Crippen LogP contribution in [0, 0.1) is 11.6 Å². The number of hydrogen-bond acceptors (Lipinski definition) is 8. The third kappa shape index (κ3) is 4.83. The number of nitrogens with one attached hydrogen (secondary N) is 1. The Labute approximate surface area is 212 Å². The minimum absolute atomic E-state index is 0.0112. The van der Waals surface area contributed by atoms with Crippen LogP contribution in [0.15, 0.2) is 35.2 Å². The highest BCUT2D eigenvalue weighted by molar-refractivity contribution is 5.95. The molecule has 0 atom stereocenters. The molecule has 4 aromatic rings. The average Bonchev–Trinajstić information content (AvgIpc) is 3.50. The molecule has 0 bridgehead atoms. The van der Waals surface area contributed by atoms with Gasteiger partial charge in [0.05, 0.1) is 11.1 Å². The third-order valence-corrected chi connectivity index (χ3v) is 6.50. The van der Waals surface area contributed by atoms with Gasteiger partial charge in [-0.05, 0) is 37.5 Å². The SMILES string of the molecule is CCCc1noc(N2CCC(n3cc(F)c4c(Nc5ccc(C(=O)N(C)C)cc5F)ncnc43)CC2)n1. The highest BCUT2D eigenvalue weighted by atomic mass is 19.1. The number of carbonyl (C=O) groups excluding carboxylic acids is 1. The monoisotopic (exact) mass is 510 g/mol. The predicted molar refractivity (Wildman–Crippen MR) is 134 cm³/mol. The molecule has 1 aliphatic heterocycles. The Balaban J connectivity index is 1.35. The Morgan fingerprint density at radius 3 is 2.68 bits per heavy atom. The zero-order valence-electron chi connectivity index (χ0n) is 20.9. The fourth-order valence-corrected chi connectivity index (χ4v) is 4.58. The summed E-state index contributed by atoms with van der Waals surface area (Å²) in [5.74, 6) is -0.607. The molecule has 0 aliphatic carbocycles. The van der Waals surface area contributed by atoms with Crippen LogP contribution in [-0.4, -0.2) is 62.7 Å². The zero-order chi connectivity index (χ0) is 26.1. The summed E-state index contributed by atoms with van der Waals surface area (Å²) in [5.41, 5.74) is 0.723. The van der Waals surface area contributed by atoms with E-state index in [4.69, 9.17) is 4.52 Å². The summed E-state index contributed by atoms with van der Waals surface area (Å²) in [4.78, 5) is 28.5. The number of piperidine rings is 1. The molecule has 5 rings (SSSR count). The lowest BCUT2D eigenvalue weighted by Crippen LogP contribution is -2.34. The summed E-state index contributed by atoms with van der Waals surface area (Å²) >= 11 is 0. The second-order valence-electron chi connectivity index (χ2n) is 9.29. The van der Waals surface area contributed by atoms with Gasteiger partial charge >= 0.3 is 6.01 Å². The summed E-state index contributed by atoms with van der Waals surface area (Å²) in [6.45, 7) is 3.42. The molecule has 12 heteroatoms. The normalized spacial score (nSPS) is 14.4. The number of fused-ring (bicyclic) bond motifs is 1. The van der Waals surface area contributed by atoms with Crippen molar-refractivity contribution in [3.05, 3.63) is 53.7 Å². The molecule has 3 aromatic heterocycles. The van der Waals surface area contributed by atoms with E-state index in [2.05, 4.69) is 32.3 Å². The Kier molecular flexibility index (Phi) is 6.72. The molecule has 1 aromatic carbocycles. The van der Waals surface area contributed by atoms with Crippen molar-refractivity contribution in [2.24, 2.45) is 0 Å². The van der Waals surface area contributed by atoms with E-state index < -0.39 is 11.6 Å². The second kappa shape index (κ2) is 10.1.